The molecule has 0 aliphatic carbocycles. The van der Waals surface area contributed by atoms with Crippen LogP contribution in [0.25, 0.3) is 0 Å². The average Bonchev–Trinajstić information content (AvgIpc) is 1.86. The third-order valence-corrected chi connectivity index (χ3v) is 0.606. The van der Waals surface area contributed by atoms with Gasteiger partial charge < -0.3 is 0 Å². The number of ether oxygens (including phenoxy) is 1. The monoisotopic (exact) mass is 81.0 g/mol. The molecule has 0 aromatic carbocycles. The van der Waals surface area contributed by atoms with Crippen LogP contribution in [-0.2, 0) is 4.74 Å². The Labute approximate surface area is 36.9 Å². The average molecular weight is 81.1 g/mol. The van der Waals surface area contributed by atoms with Crippen molar-refractivity contribution in [2.75, 3.05) is 0 Å². The van der Waals surface area contributed by atoms with E-state index < -0.39 is 0 Å². The van der Waals surface area contributed by atoms with Crippen molar-refractivity contribution in [1.82, 2.24) is 0 Å². The van der Waals surface area contributed by atoms with Gasteiger partial charge in [0, 0.05) is 0 Å². The predicted molar refractivity (Wildman–Crippen MR) is 22.7 cm³/mol. The lowest BCUT2D eigenvalue weighted by Gasteiger charge is -1.69. The highest BCUT2D eigenvalue weighted by atomic mass is 16.5. The zero-order chi connectivity index (χ0) is 4.41. The van der Waals surface area contributed by atoms with E-state index >= 15 is 0 Å². The minimum Gasteiger partial charge on any atom is -0.280 e. The van der Waals surface area contributed by atoms with Crippen LogP contribution >= 0.6 is 0 Å². The summed E-state index contributed by atoms with van der Waals surface area (Å²) < 4.78 is 4.71. The van der Waals surface area contributed by atoms with Crippen LogP contribution in [0.3, 0.4) is 0 Å². The maximum Gasteiger partial charge on any atom is 0.264 e. The van der Waals surface area contributed by atoms with Crippen LogP contribution in [0.4, 0.5) is 0 Å². The van der Waals surface area contributed by atoms with Gasteiger partial charge in [-0.1, -0.05) is 0 Å². The molecule has 0 N–H and O–H groups in total. The van der Waals surface area contributed by atoms with Gasteiger partial charge in [0.15, 0.2) is 6.08 Å². The van der Waals surface area contributed by atoms with Gasteiger partial charge in [0.1, 0.15) is 6.08 Å². The van der Waals surface area contributed by atoms with E-state index in [1.165, 1.54) is 0 Å². The molecule has 0 radical (unpaired) electrons. The lowest BCUT2D eigenvalue weighted by molar-refractivity contribution is 0.340. The smallest absolute Gasteiger partial charge is 0.264 e. The third kappa shape index (κ3) is 0.399. The van der Waals surface area contributed by atoms with E-state index in [0.717, 1.165) is 5.76 Å². The van der Waals surface area contributed by atoms with E-state index in [9.17, 15) is 0 Å². The van der Waals surface area contributed by atoms with E-state index in [1.807, 2.05) is 13.0 Å². The van der Waals surface area contributed by atoms with Crippen LogP contribution in [-0.4, -0.2) is 0 Å². The third-order valence-electron chi connectivity index (χ3n) is 0.606. The highest BCUT2D eigenvalue weighted by molar-refractivity contribution is 5.07. The molecule has 0 spiro atoms. The molecule has 0 saturated heterocycles. The van der Waals surface area contributed by atoms with Crippen molar-refractivity contribution in [3.63, 3.8) is 0 Å². The molecule has 1 heteroatoms. The molecule has 0 aromatic rings. The second kappa shape index (κ2) is 1.11. The highest BCUT2D eigenvalue weighted by Crippen LogP contribution is 2.01. The van der Waals surface area contributed by atoms with Crippen molar-refractivity contribution < 1.29 is 4.74 Å². The van der Waals surface area contributed by atoms with Gasteiger partial charge in [-0.25, -0.2) is 0 Å². The van der Waals surface area contributed by atoms with Crippen LogP contribution < -0.4 is 0 Å². The van der Waals surface area contributed by atoms with Crippen molar-refractivity contribution in [1.29, 1.82) is 0 Å². The Bertz CT molecular complexity index is 101. The Hall–Kier alpha value is -0.810. The zero-order valence-electron chi connectivity index (χ0n) is 3.56. The van der Waals surface area contributed by atoms with E-state index in [1.54, 1.807) is 6.08 Å². The molecule has 0 atom stereocenters. The zero-order valence-corrected chi connectivity index (χ0v) is 3.56. The Kier molecular flexibility index (Phi) is 0.627. The molecule has 1 aliphatic rings. The minimum atomic E-state index is 0.912. The summed E-state index contributed by atoms with van der Waals surface area (Å²) in [5.41, 5.74) is 0. The summed E-state index contributed by atoms with van der Waals surface area (Å²) >= 11 is 0. The van der Waals surface area contributed by atoms with E-state index in [0.29, 0.717) is 0 Å². The molecule has 6 heavy (non-hydrogen) atoms. The number of hydrogen-bond acceptors (Lipinski definition) is 1. The molecule has 0 aromatic heterocycles. The van der Waals surface area contributed by atoms with Gasteiger partial charge in [-0.15, -0.1) is 0 Å². The standard InChI is InChI=1S/C5H5O/c1-5-3-2-4-6-5/h2-3H,1H3/q+1. The number of rotatable bonds is 0. The first-order chi connectivity index (χ1) is 2.89. The lowest BCUT2D eigenvalue weighted by Crippen LogP contribution is -1.66. The van der Waals surface area contributed by atoms with Crippen LogP contribution in [0.2, 0.25) is 0 Å². The van der Waals surface area contributed by atoms with E-state index in [2.05, 4.69) is 6.26 Å². The Balaban J connectivity index is 2.61. The Morgan fingerprint density at radius 3 is 2.83 bits per heavy atom. The van der Waals surface area contributed by atoms with Gasteiger partial charge in [0.25, 0.3) is 5.76 Å². The topological polar surface area (TPSA) is 9.23 Å². The predicted octanol–water partition coefficient (Wildman–Crippen LogP) is 1.24. The summed E-state index contributed by atoms with van der Waals surface area (Å²) in [4.78, 5) is 0. The first-order valence-electron chi connectivity index (χ1n) is 1.82. The largest absolute Gasteiger partial charge is 0.280 e. The second-order valence-electron chi connectivity index (χ2n) is 1.16. The summed E-state index contributed by atoms with van der Waals surface area (Å²) in [5.74, 6) is 0.912. The van der Waals surface area contributed by atoms with Crippen molar-refractivity contribution in [3.05, 3.63) is 24.2 Å². The van der Waals surface area contributed by atoms with Crippen LogP contribution in [0, 0.1) is 6.26 Å². The molecule has 0 bridgehead atoms. The first kappa shape index (κ1) is 3.38. The number of allylic oxidation sites excluding steroid dienone is 3. The summed E-state index contributed by atoms with van der Waals surface area (Å²) in [5, 5.41) is 0. The van der Waals surface area contributed by atoms with Crippen LogP contribution in [0.1, 0.15) is 6.92 Å². The van der Waals surface area contributed by atoms with Crippen molar-refractivity contribution >= 4 is 0 Å². The minimum absolute atomic E-state index is 0.912. The van der Waals surface area contributed by atoms with Crippen molar-refractivity contribution in [2.24, 2.45) is 0 Å². The quantitative estimate of drug-likeness (QED) is 0.398. The van der Waals surface area contributed by atoms with Crippen LogP contribution in [0.15, 0.2) is 17.9 Å². The van der Waals surface area contributed by atoms with Gasteiger partial charge in [-0.05, 0) is 0 Å². The van der Waals surface area contributed by atoms with Crippen molar-refractivity contribution in [2.45, 2.75) is 6.92 Å². The molecule has 1 rings (SSSR count). The highest BCUT2D eigenvalue weighted by Gasteiger charge is 2.01. The first-order valence-corrected chi connectivity index (χ1v) is 1.82. The molecule has 0 fully saturated rings. The fourth-order valence-corrected chi connectivity index (χ4v) is 0.312. The Morgan fingerprint density at radius 1 is 1.83 bits per heavy atom. The molecule has 1 heterocycles. The van der Waals surface area contributed by atoms with E-state index in [4.69, 9.17) is 4.74 Å². The lowest BCUT2D eigenvalue weighted by atomic mass is 10.5. The molecule has 0 unspecified atom stereocenters. The van der Waals surface area contributed by atoms with Gasteiger partial charge in [-0.3, -0.25) is 4.74 Å². The summed E-state index contributed by atoms with van der Waals surface area (Å²) in [6.45, 7) is 1.89. The number of hydrogen-bond donors (Lipinski definition) is 0. The maximum atomic E-state index is 4.71. The molecule has 1 nitrogen and oxygen atoms in total. The van der Waals surface area contributed by atoms with Gasteiger partial charge in [0.05, 0.1) is 6.92 Å². The fourth-order valence-electron chi connectivity index (χ4n) is 0.312. The molecule has 0 amide bonds. The molecule has 1 aliphatic heterocycles. The maximum absolute atomic E-state index is 4.71. The summed E-state index contributed by atoms with van der Waals surface area (Å²) in [6.07, 6.45) is 6.16. The van der Waals surface area contributed by atoms with E-state index in [-0.39, 0.29) is 0 Å². The summed E-state index contributed by atoms with van der Waals surface area (Å²) in [7, 11) is 0. The molecular weight excluding hydrogens is 76.1 g/mol. The van der Waals surface area contributed by atoms with Gasteiger partial charge in [-0.2, -0.15) is 0 Å². The normalized spacial score (nSPS) is 15.8. The summed E-state index contributed by atoms with van der Waals surface area (Å²) in [6, 6.07) is 0. The SMILES string of the molecule is CC1=CC=[C+]O1. The Morgan fingerprint density at radius 2 is 2.67 bits per heavy atom. The fraction of sp³-hybridized carbons (Fsp3) is 0.200. The van der Waals surface area contributed by atoms with Gasteiger partial charge in [0.2, 0.25) is 6.26 Å². The molecule has 30 valence electrons. The van der Waals surface area contributed by atoms with Gasteiger partial charge >= 0.3 is 0 Å². The molecule has 0 saturated carbocycles. The second-order valence-corrected chi connectivity index (χ2v) is 1.16. The molecular formula is C5H5O+. The van der Waals surface area contributed by atoms with Crippen molar-refractivity contribution in [3.8, 4) is 0 Å². The van der Waals surface area contributed by atoms with Crippen LogP contribution in [0.5, 0.6) is 0 Å².